The Balaban J connectivity index is 2.23. The molecule has 0 aromatic rings. The van der Waals surface area contributed by atoms with Crippen molar-refractivity contribution in [2.45, 2.75) is 248 Å². The molecule has 2 aliphatic rings. The first-order valence-corrected chi connectivity index (χ1v) is 25.1. The predicted molar refractivity (Wildman–Crippen MR) is 247 cm³/mol. The van der Waals surface area contributed by atoms with E-state index in [-0.39, 0.29) is 16.9 Å². The number of ketones is 1. The zero-order chi connectivity index (χ0) is 41.2. The van der Waals surface area contributed by atoms with Crippen molar-refractivity contribution in [3.05, 3.63) is 24.5 Å². The Morgan fingerprint density at radius 2 is 1.12 bits per heavy atom. The van der Waals surface area contributed by atoms with E-state index in [4.69, 9.17) is 4.74 Å². The highest BCUT2D eigenvalue weighted by Gasteiger charge is 2.47. The Bertz CT molecular complexity index is 1020. The summed E-state index contributed by atoms with van der Waals surface area (Å²) in [5, 5.41) is 0. The highest BCUT2D eigenvalue weighted by Crippen LogP contribution is 2.55. The second-order valence-corrected chi connectivity index (χ2v) is 20.3. The Morgan fingerprint density at radius 1 is 0.661 bits per heavy atom. The number of allylic oxidation sites excluding steroid dienone is 3. The van der Waals surface area contributed by atoms with Gasteiger partial charge in [-0.3, -0.25) is 4.79 Å². The first-order valence-electron chi connectivity index (χ1n) is 25.1. The van der Waals surface area contributed by atoms with Gasteiger partial charge in [0, 0.05) is 24.7 Å². The van der Waals surface area contributed by atoms with Gasteiger partial charge in [0.25, 0.3) is 0 Å². The maximum atomic E-state index is 14.5. The molecule has 0 spiro atoms. The minimum absolute atomic E-state index is 0.0948. The van der Waals surface area contributed by atoms with Crippen LogP contribution in [0.5, 0.6) is 0 Å². The number of hydrogen-bond donors (Lipinski definition) is 0. The van der Waals surface area contributed by atoms with Gasteiger partial charge in [-0.1, -0.05) is 190 Å². The number of nitrogens with zero attached hydrogens (tertiary/aromatic N) is 1. The fourth-order valence-electron chi connectivity index (χ4n) is 10.7. The molecule has 0 aromatic carbocycles. The average molecular weight is 782 g/mol. The van der Waals surface area contributed by atoms with Crippen LogP contribution in [0.1, 0.15) is 242 Å². The summed E-state index contributed by atoms with van der Waals surface area (Å²) in [7, 11) is 2.22. The molecule has 1 saturated heterocycles. The van der Waals surface area contributed by atoms with Crippen LogP contribution < -0.4 is 0 Å². The third-order valence-corrected chi connectivity index (χ3v) is 15.6. The third-order valence-electron chi connectivity index (χ3n) is 15.6. The molecule has 4 atom stereocenters. The highest BCUT2D eigenvalue weighted by atomic mass is 16.5. The molecule has 0 radical (unpaired) electrons. The standard InChI is InChI=1S/C53H99NO2/c1-11-15-19-22-25-29-32-47(33-30-26-23-20-16-12-2)52(6,7)53(8,9)48(34-31-27-24-21-17-13-3)43-49(55)42-46-36-37-51(50(46)35-28-18-14-4)56-44(5)45-38-40-54(10)41-39-45/h18,28,45-48,50-51H,5,11-17,19-27,29-43H2,1-4,6-10H3/b28-18-. The van der Waals surface area contributed by atoms with Gasteiger partial charge in [-0.25, -0.2) is 0 Å². The molecule has 3 nitrogen and oxygen atoms in total. The van der Waals surface area contributed by atoms with Crippen LogP contribution in [0, 0.1) is 40.4 Å². The number of piperidine rings is 1. The van der Waals surface area contributed by atoms with Gasteiger partial charge in [0.05, 0.1) is 5.76 Å². The molecule has 1 saturated carbocycles. The van der Waals surface area contributed by atoms with Crippen molar-refractivity contribution in [1.29, 1.82) is 0 Å². The van der Waals surface area contributed by atoms with Gasteiger partial charge in [-0.05, 0) is 107 Å². The van der Waals surface area contributed by atoms with Crippen LogP contribution in [-0.4, -0.2) is 36.9 Å². The number of rotatable bonds is 34. The molecule has 1 aliphatic carbocycles. The monoisotopic (exact) mass is 782 g/mol. The van der Waals surface area contributed by atoms with Crippen LogP contribution in [0.15, 0.2) is 24.5 Å². The lowest BCUT2D eigenvalue weighted by Gasteiger charge is -2.52. The van der Waals surface area contributed by atoms with Crippen molar-refractivity contribution in [2.75, 3.05) is 20.1 Å². The Morgan fingerprint density at radius 3 is 1.62 bits per heavy atom. The quantitative estimate of drug-likeness (QED) is 0.0370. The molecule has 0 aromatic heterocycles. The third kappa shape index (κ3) is 18.4. The van der Waals surface area contributed by atoms with Gasteiger partial charge >= 0.3 is 0 Å². The van der Waals surface area contributed by atoms with Gasteiger partial charge in [0.1, 0.15) is 11.9 Å². The van der Waals surface area contributed by atoms with Crippen molar-refractivity contribution in [3.8, 4) is 0 Å². The maximum absolute atomic E-state index is 14.5. The lowest BCUT2D eigenvalue weighted by Crippen LogP contribution is -2.45. The van der Waals surface area contributed by atoms with Crippen molar-refractivity contribution in [3.63, 3.8) is 0 Å². The van der Waals surface area contributed by atoms with Crippen molar-refractivity contribution in [1.82, 2.24) is 4.90 Å². The Hall–Kier alpha value is -1.09. The molecule has 4 unspecified atom stereocenters. The van der Waals surface area contributed by atoms with E-state index in [1.165, 1.54) is 135 Å². The molecule has 3 heteroatoms. The van der Waals surface area contributed by atoms with E-state index >= 15 is 0 Å². The smallest absolute Gasteiger partial charge is 0.133 e. The molecule has 2 rings (SSSR count). The van der Waals surface area contributed by atoms with Crippen LogP contribution in [0.3, 0.4) is 0 Å². The van der Waals surface area contributed by atoms with E-state index in [9.17, 15) is 4.79 Å². The minimum Gasteiger partial charge on any atom is -0.495 e. The van der Waals surface area contributed by atoms with Gasteiger partial charge in [-0.15, -0.1) is 0 Å². The van der Waals surface area contributed by atoms with Gasteiger partial charge in [0.2, 0.25) is 0 Å². The van der Waals surface area contributed by atoms with Gasteiger partial charge in [-0.2, -0.15) is 0 Å². The van der Waals surface area contributed by atoms with E-state index in [1.807, 2.05) is 0 Å². The second kappa shape index (κ2) is 29.2. The summed E-state index contributed by atoms with van der Waals surface area (Å²) in [6.45, 7) is 26.3. The first-order chi connectivity index (χ1) is 26.9. The Kier molecular flexibility index (Phi) is 26.6. The second-order valence-electron chi connectivity index (χ2n) is 20.3. The summed E-state index contributed by atoms with van der Waals surface area (Å²) in [5.74, 6) is 3.99. The van der Waals surface area contributed by atoms with Crippen molar-refractivity contribution < 1.29 is 9.53 Å². The van der Waals surface area contributed by atoms with Crippen LogP contribution >= 0.6 is 0 Å². The van der Waals surface area contributed by atoms with Crippen LogP contribution in [-0.2, 0) is 9.53 Å². The molecule has 0 amide bonds. The fraction of sp³-hybridized carbons (Fsp3) is 0.906. The van der Waals surface area contributed by atoms with Gasteiger partial charge < -0.3 is 9.64 Å². The number of hydrogen-bond acceptors (Lipinski definition) is 3. The lowest BCUT2D eigenvalue weighted by atomic mass is 9.53. The van der Waals surface area contributed by atoms with Crippen LogP contribution in [0.25, 0.3) is 0 Å². The first kappa shape index (κ1) is 51.1. The number of unbranched alkanes of at least 4 members (excludes halogenated alkanes) is 15. The summed E-state index contributed by atoms with van der Waals surface area (Å²) in [6.07, 6.45) is 41.3. The predicted octanol–water partition coefficient (Wildman–Crippen LogP) is 16.5. The molecule has 0 N–H and O–H groups in total. The molecule has 56 heavy (non-hydrogen) atoms. The molecule has 0 bridgehead atoms. The summed E-state index contributed by atoms with van der Waals surface area (Å²) in [5.41, 5.74) is 0.276. The lowest BCUT2D eigenvalue weighted by molar-refractivity contribution is -0.124. The molecular weight excluding hydrogens is 683 g/mol. The SMILES string of the molecule is C=C(OC1CCC(CC(=O)CC(CCCCCCCC)C(C)(C)C(C)(C)C(CCCCCCCC)CCCCCCCC)C1C/C=C\CC)C1CCN(C)CC1. The number of likely N-dealkylation sites (tertiary alicyclic amines) is 1. The molecule has 1 aliphatic heterocycles. The highest BCUT2D eigenvalue weighted by molar-refractivity contribution is 5.79. The topological polar surface area (TPSA) is 29.5 Å². The number of carbonyl (C=O) groups excluding carboxylic acids is 1. The normalized spacial score (nSPS) is 20.7. The summed E-state index contributed by atoms with van der Waals surface area (Å²) in [6, 6.07) is 0. The van der Waals surface area contributed by atoms with Crippen molar-refractivity contribution >= 4 is 5.78 Å². The molecule has 328 valence electrons. The van der Waals surface area contributed by atoms with Crippen molar-refractivity contribution in [2.24, 2.45) is 40.4 Å². The zero-order valence-electron chi connectivity index (χ0n) is 39.5. The number of carbonyl (C=O) groups is 1. The van der Waals surface area contributed by atoms with E-state index in [0.717, 1.165) is 76.1 Å². The largest absolute Gasteiger partial charge is 0.495 e. The molecular formula is C53H99NO2. The number of ether oxygens (including phenoxy) is 1. The van der Waals surface area contributed by atoms with E-state index in [0.29, 0.717) is 29.5 Å². The summed E-state index contributed by atoms with van der Waals surface area (Å²) in [4.78, 5) is 16.9. The minimum atomic E-state index is 0.0948. The van der Waals surface area contributed by atoms with E-state index < -0.39 is 0 Å². The summed E-state index contributed by atoms with van der Waals surface area (Å²) < 4.78 is 6.80. The van der Waals surface area contributed by atoms with E-state index in [2.05, 4.69) is 86.1 Å². The molecule has 1 heterocycles. The van der Waals surface area contributed by atoms with E-state index in [1.54, 1.807) is 0 Å². The summed E-state index contributed by atoms with van der Waals surface area (Å²) >= 11 is 0. The molecule has 2 fully saturated rings. The Labute approximate surface area is 351 Å². The number of Topliss-reactive ketones (excluding diaryl/α,β-unsaturated/α-hetero) is 1. The average Bonchev–Trinajstić information content (AvgIpc) is 3.53. The van der Waals surface area contributed by atoms with Crippen LogP contribution in [0.4, 0.5) is 0 Å². The van der Waals surface area contributed by atoms with Gasteiger partial charge in [0.15, 0.2) is 0 Å². The van der Waals surface area contributed by atoms with Crippen LogP contribution in [0.2, 0.25) is 0 Å². The fourth-order valence-corrected chi connectivity index (χ4v) is 10.7. The zero-order valence-corrected chi connectivity index (χ0v) is 39.5. The maximum Gasteiger partial charge on any atom is 0.133 e.